The molecular weight excluding hydrogens is 394 g/mol. The Morgan fingerprint density at radius 1 is 1.10 bits per heavy atom. The van der Waals surface area contributed by atoms with Gasteiger partial charge in [0.05, 0.1) is 10.3 Å². The summed E-state index contributed by atoms with van der Waals surface area (Å²) < 4.78 is 0. The number of carbonyl (C=O) groups excluding carboxylic acids is 1. The zero-order valence-electron chi connectivity index (χ0n) is 17.9. The molecule has 1 aliphatic heterocycles. The Balaban J connectivity index is 1.58. The second-order valence-corrected chi connectivity index (χ2v) is 8.77. The van der Waals surface area contributed by atoms with Crippen molar-refractivity contribution >= 4 is 39.0 Å². The summed E-state index contributed by atoms with van der Waals surface area (Å²) in [6, 6.07) is 8.02. The Morgan fingerprint density at radius 2 is 1.83 bits per heavy atom. The fourth-order valence-corrected chi connectivity index (χ4v) is 5.06. The minimum absolute atomic E-state index is 0.0848. The number of amides is 1. The molecule has 1 aliphatic rings. The first kappa shape index (κ1) is 20.8. The number of benzene rings is 1. The van der Waals surface area contributed by atoms with Crippen LogP contribution >= 0.6 is 11.3 Å². The molecule has 158 valence electrons. The highest BCUT2D eigenvalue weighted by atomic mass is 32.1. The molecule has 0 radical (unpaired) electrons. The second kappa shape index (κ2) is 9.10. The maximum absolute atomic E-state index is 13.0. The third kappa shape index (κ3) is 4.18. The van der Waals surface area contributed by atoms with Crippen molar-refractivity contribution in [3.63, 3.8) is 0 Å². The third-order valence-corrected chi connectivity index (χ3v) is 6.94. The van der Waals surface area contributed by atoms with Crippen LogP contribution in [0.4, 0.5) is 11.5 Å². The van der Waals surface area contributed by atoms with E-state index in [4.69, 9.17) is 0 Å². The zero-order valence-corrected chi connectivity index (χ0v) is 18.8. The van der Waals surface area contributed by atoms with E-state index < -0.39 is 0 Å². The normalized spacial score (nSPS) is 15.0. The second-order valence-electron chi connectivity index (χ2n) is 7.77. The fourth-order valence-electron chi connectivity index (χ4n) is 4.02. The number of aryl methyl sites for hydroxylation is 2. The highest BCUT2D eigenvalue weighted by Crippen LogP contribution is 2.35. The number of anilines is 2. The molecule has 1 fully saturated rings. The Kier molecular flexibility index (Phi) is 6.29. The molecule has 3 aromatic rings. The number of nitrogens with zero attached hydrogens (tertiary/aromatic N) is 4. The minimum Gasteiger partial charge on any atom is -0.353 e. The molecule has 7 heteroatoms. The van der Waals surface area contributed by atoms with Crippen molar-refractivity contribution in [3.8, 4) is 0 Å². The monoisotopic (exact) mass is 423 g/mol. The van der Waals surface area contributed by atoms with Crippen LogP contribution in [0.3, 0.4) is 0 Å². The van der Waals surface area contributed by atoms with Crippen LogP contribution in [0.2, 0.25) is 0 Å². The molecule has 4 rings (SSSR count). The molecule has 1 aromatic carbocycles. The molecule has 1 amide bonds. The van der Waals surface area contributed by atoms with Crippen LogP contribution in [0.25, 0.3) is 10.2 Å². The van der Waals surface area contributed by atoms with Gasteiger partial charge in [0, 0.05) is 31.9 Å². The van der Waals surface area contributed by atoms with Crippen molar-refractivity contribution in [3.05, 3.63) is 46.6 Å². The number of rotatable bonds is 6. The maximum Gasteiger partial charge on any atom is 0.266 e. The van der Waals surface area contributed by atoms with Crippen LogP contribution in [-0.2, 0) is 6.42 Å². The van der Waals surface area contributed by atoms with Gasteiger partial charge in [0.15, 0.2) is 0 Å². The maximum atomic E-state index is 13.0. The van der Waals surface area contributed by atoms with E-state index >= 15 is 0 Å². The van der Waals surface area contributed by atoms with Crippen LogP contribution in [0.1, 0.15) is 41.1 Å². The number of nitrogens with one attached hydrogen (secondary N) is 1. The summed E-state index contributed by atoms with van der Waals surface area (Å²) in [6.07, 6.45) is 3.79. The predicted molar refractivity (Wildman–Crippen MR) is 125 cm³/mol. The van der Waals surface area contributed by atoms with E-state index in [1.165, 1.54) is 23.3 Å². The van der Waals surface area contributed by atoms with Gasteiger partial charge in [0.25, 0.3) is 5.91 Å². The highest BCUT2D eigenvalue weighted by molar-refractivity contribution is 7.20. The van der Waals surface area contributed by atoms with Gasteiger partial charge in [0.1, 0.15) is 17.0 Å². The summed E-state index contributed by atoms with van der Waals surface area (Å²) in [5, 5.41) is 4.05. The van der Waals surface area contributed by atoms with Crippen molar-refractivity contribution in [1.29, 1.82) is 0 Å². The van der Waals surface area contributed by atoms with Crippen molar-refractivity contribution in [1.82, 2.24) is 14.9 Å². The summed E-state index contributed by atoms with van der Waals surface area (Å²) in [4.78, 5) is 28.5. The van der Waals surface area contributed by atoms with E-state index in [1.54, 1.807) is 6.33 Å². The van der Waals surface area contributed by atoms with Gasteiger partial charge in [0.2, 0.25) is 0 Å². The van der Waals surface area contributed by atoms with E-state index in [9.17, 15) is 4.79 Å². The fraction of sp³-hybridized carbons (Fsp3) is 0.435. The lowest BCUT2D eigenvalue weighted by Gasteiger charge is -2.35. The highest BCUT2D eigenvalue weighted by Gasteiger charge is 2.24. The average molecular weight is 424 g/mol. The number of thiophene rings is 1. The summed E-state index contributed by atoms with van der Waals surface area (Å²) in [7, 11) is 0. The minimum atomic E-state index is -0.0848. The molecule has 1 N–H and O–H groups in total. The van der Waals surface area contributed by atoms with Crippen molar-refractivity contribution in [2.45, 2.75) is 33.6 Å². The van der Waals surface area contributed by atoms with Crippen molar-refractivity contribution < 1.29 is 4.79 Å². The topological polar surface area (TPSA) is 61.4 Å². The lowest BCUT2D eigenvalue weighted by atomic mass is 10.1. The standard InChI is InChI=1S/C23H29N5OS/c1-4-10-27-11-13-28(14-12-27)21-19-16(3)20(30-23(19)25-15-24-21)22(29)26-18-8-6-17(5-2)7-9-18/h6-9,15H,4-5,10-14H2,1-3H3,(H,26,29). The van der Waals surface area contributed by atoms with Gasteiger partial charge in [-0.1, -0.05) is 26.0 Å². The van der Waals surface area contributed by atoms with Crippen LogP contribution in [-0.4, -0.2) is 53.5 Å². The van der Waals surface area contributed by atoms with E-state index in [0.29, 0.717) is 4.88 Å². The number of hydrogen-bond donors (Lipinski definition) is 1. The van der Waals surface area contributed by atoms with Gasteiger partial charge < -0.3 is 10.2 Å². The number of hydrogen-bond acceptors (Lipinski definition) is 6. The third-order valence-electron chi connectivity index (χ3n) is 5.74. The van der Waals surface area contributed by atoms with Crippen LogP contribution < -0.4 is 10.2 Å². The number of aromatic nitrogens is 2. The summed E-state index contributed by atoms with van der Waals surface area (Å²) in [5.74, 6) is 0.870. The summed E-state index contributed by atoms with van der Waals surface area (Å²) in [5.41, 5.74) is 3.03. The summed E-state index contributed by atoms with van der Waals surface area (Å²) in [6.45, 7) is 11.5. The van der Waals surface area contributed by atoms with Gasteiger partial charge in [-0.2, -0.15) is 0 Å². The van der Waals surface area contributed by atoms with Crippen molar-refractivity contribution in [2.75, 3.05) is 42.9 Å². The Bertz CT molecular complexity index is 1020. The Hall–Kier alpha value is -2.51. The zero-order chi connectivity index (χ0) is 21.1. The molecule has 0 spiro atoms. The van der Waals surface area contributed by atoms with Crippen LogP contribution in [0.5, 0.6) is 0 Å². The lowest BCUT2D eigenvalue weighted by molar-refractivity contribution is 0.103. The quantitative estimate of drug-likeness (QED) is 0.639. The molecule has 0 unspecified atom stereocenters. The average Bonchev–Trinajstić information content (AvgIpc) is 3.12. The van der Waals surface area contributed by atoms with Gasteiger partial charge in [-0.25, -0.2) is 9.97 Å². The van der Waals surface area contributed by atoms with Crippen molar-refractivity contribution in [2.24, 2.45) is 0 Å². The Morgan fingerprint density at radius 3 is 2.50 bits per heavy atom. The van der Waals surface area contributed by atoms with Gasteiger partial charge in [-0.15, -0.1) is 11.3 Å². The molecule has 0 aliphatic carbocycles. The predicted octanol–water partition coefficient (Wildman–Crippen LogP) is 4.35. The van der Waals surface area contributed by atoms with Crippen LogP contribution in [0.15, 0.2) is 30.6 Å². The molecule has 0 atom stereocenters. The molecule has 0 bridgehead atoms. The van der Waals surface area contributed by atoms with E-state index in [1.807, 2.05) is 19.1 Å². The smallest absolute Gasteiger partial charge is 0.266 e. The lowest BCUT2D eigenvalue weighted by Crippen LogP contribution is -2.46. The van der Waals surface area contributed by atoms with E-state index in [0.717, 1.165) is 66.4 Å². The first-order valence-corrected chi connectivity index (χ1v) is 11.5. The first-order valence-electron chi connectivity index (χ1n) is 10.7. The Labute approximate surface area is 181 Å². The van der Waals surface area contributed by atoms with Crippen LogP contribution in [0, 0.1) is 6.92 Å². The number of fused-ring (bicyclic) bond motifs is 1. The van der Waals surface area contributed by atoms with E-state index in [-0.39, 0.29) is 5.91 Å². The molecule has 6 nitrogen and oxygen atoms in total. The number of carbonyl (C=O) groups is 1. The molecule has 1 saturated heterocycles. The largest absolute Gasteiger partial charge is 0.353 e. The molecule has 2 aromatic heterocycles. The molecular formula is C23H29N5OS. The molecule has 0 saturated carbocycles. The van der Waals surface area contributed by atoms with Gasteiger partial charge >= 0.3 is 0 Å². The number of piperazine rings is 1. The SMILES string of the molecule is CCCN1CCN(c2ncnc3sc(C(=O)Nc4ccc(CC)cc4)c(C)c23)CC1. The van der Waals surface area contributed by atoms with Gasteiger partial charge in [-0.05, 0) is 49.6 Å². The van der Waals surface area contributed by atoms with E-state index in [2.05, 4.69) is 51.1 Å². The molecule has 30 heavy (non-hydrogen) atoms. The summed E-state index contributed by atoms with van der Waals surface area (Å²) >= 11 is 1.45. The molecule has 3 heterocycles. The van der Waals surface area contributed by atoms with Gasteiger partial charge in [-0.3, -0.25) is 9.69 Å². The first-order chi connectivity index (χ1) is 14.6.